The predicted octanol–water partition coefficient (Wildman–Crippen LogP) is 4.45. The van der Waals surface area contributed by atoms with Gasteiger partial charge in [-0.3, -0.25) is 9.48 Å². The summed E-state index contributed by atoms with van der Waals surface area (Å²) in [5.74, 6) is -0.134. The van der Waals surface area contributed by atoms with Gasteiger partial charge in [0.2, 0.25) is 5.91 Å². The second kappa shape index (κ2) is 8.30. The van der Waals surface area contributed by atoms with Crippen LogP contribution in [0, 0.1) is 6.92 Å². The molecule has 132 valence electrons. The molecule has 3 rings (SSSR count). The lowest BCUT2D eigenvalue weighted by molar-refractivity contribution is -0.111. The molecule has 0 fully saturated rings. The Kier molecular flexibility index (Phi) is 5.64. The van der Waals surface area contributed by atoms with E-state index < -0.39 is 0 Å². The van der Waals surface area contributed by atoms with Crippen LogP contribution in [0.5, 0.6) is 0 Å². The van der Waals surface area contributed by atoms with E-state index in [-0.39, 0.29) is 5.91 Å². The Hall–Kier alpha value is -3.14. The fraction of sp³-hybridized carbons (Fsp3) is 0.182. The first-order valence-corrected chi connectivity index (χ1v) is 8.79. The molecule has 26 heavy (non-hydrogen) atoms. The largest absolute Gasteiger partial charge is 0.322 e. The number of benzene rings is 2. The Labute approximate surface area is 154 Å². The first-order valence-electron chi connectivity index (χ1n) is 8.79. The van der Waals surface area contributed by atoms with Gasteiger partial charge in [0, 0.05) is 23.5 Å². The van der Waals surface area contributed by atoms with E-state index in [2.05, 4.69) is 29.5 Å². The molecule has 0 saturated heterocycles. The summed E-state index contributed by atoms with van der Waals surface area (Å²) in [5.41, 5.74) is 5.21. The number of carbonyl (C=O) groups is 1. The molecule has 3 aromatic rings. The van der Waals surface area contributed by atoms with Crippen molar-refractivity contribution >= 4 is 17.7 Å². The minimum atomic E-state index is -0.134. The lowest BCUT2D eigenvalue weighted by Crippen LogP contribution is -2.11. The summed E-state index contributed by atoms with van der Waals surface area (Å²) in [7, 11) is 0. The maximum Gasteiger partial charge on any atom is 0.248 e. The van der Waals surface area contributed by atoms with Gasteiger partial charge in [0.1, 0.15) is 0 Å². The van der Waals surface area contributed by atoms with Gasteiger partial charge in [0.05, 0.1) is 12.7 Å². The number of rotatable bonds is 6. The number of para-hydroxylation sites is 1. The number of nitrogens with one attached hydrogen (secondary N) is 1. The van der Waals surface area contributed by atoms with Gasteiger partial charge >= 0.3 is 0 Å². The summed E-state index contributed by atoms with van der Waals surface area (Å²) in [6, 6.07) is 16.2. The first-order chi connectivity index (χ1) is 12.7. The third kappa shape index (κ3) is 4.48. The molecule has 0 atom stereocenters. The van der Waals surface area contributed by atoms with Crippen molar-refractivity contribution in [1.82, 2.24) is 9.78 Å². The van der Waals surface area contributed by atoms with E-state index >= 15 is 0 Å². The average molecular weight is 345 g/mol. The maximum atomic E-state index is 12.3. The fourth-order valence-electron chi connectivity index (χ4n) is 2.86. The molecule has 0 saturated carbocycles. The van der Waals surface area contributed by atoms with Crippen molar-refractivity contribution in [3.8, 4) is 0 Å². The van der Waals surface area contributed by atoms with Crippen LogP contribution in [0.15, 0.2) is 67.0 Å². The Balaban J connectivity index is 1.64. The molecule has 0 aliphatic heterocycles. The second-order valence-corrected chi connectivity index (χ2v) is 6.24. The SMILES string of the molecule is CCc1cccc(C)c1NC(=O)/C=C/c1cnn(Cc2ccccc2)c1. The summed E-state index contributed by atoms with van der Waals surface area (Å²) in [6.07, 6.45) is 7.91. The normalized spacial score (nSPS) is 11.0. The molecule has 4 heteroatoms. The zero-order valence-corrected chi connectivity index (χ0v) is 15.1. The number of nitrogens with zero attached hydrogens (tertiary/aromatic N) is 2. The highest BCUT2D eigenvalue weighted by molar-refractivity contribution is 6.02. The predicted molar refractivity (Wildman–Crippen MR) is 106 cm³/mol. The van der Waals surface area contributed by atoms with E-state index in [0.29, 0.717) is 6.54 Å². The molecule has 4 nitrogen and oxygen atoms in total. The minimum Gasteiger partial charge on any atom is -0.322 e. The van der Waals surface area contributed by atoms with Crippen LogP contribution >= 0.6 is 0 Å². The van der Waals surface area contributed by atoms with Gasteiger partial charge in [0.15, 0.2) is 0 Å². The van der Waals surface area contributed by atoms with Crippen LogP contribution in [0.1, 0.15) is 29.2 Å². The van der Waals surface area contributed by atoms with Crippen LogP contribution in [0.4, 0.5) is 5.69 Å². The van der Waals surface area contributed by atoms with Crippen molar-refractivity contribution < 1.29 is 4.79 Å². The van der Waals surface area contributed by atoms with E-state index in [1.165, 1.54) is 5.56 Å². The molecular formula is C22H23N3O. The molecule has 0 unspecified atom stereocenters. The van der Waals surface area contributed by atoms with Gasteiger partial charge in [-0.2, -0.15) is 5.10 Å². The number of aryl methyl sites for hydroxylation is 2. The van der Waals surface area contributed by atoms with Gasteiger partial charge in [0.25, 0.3) is 0 Å². The lowest BCUT2D eigenvalue weighted by atomic mass is 10.1. The van der Waals surface area contributed by atoms with Crippen LogP contribution in [0.3, 0.4) is 0 Å². The van der Waals surface area contributed by atoms with Crippen LogP contribution < -0.4 is 5.32 Å². The maximum absolute atomic E-state index is 12.3. The van der Waals surface area contributed by atoms with Crippen molar-refractivity contribution in [3.05, 3.63) is 89.3 Å². The molecule has 2 aromatic carbocycles. The highest BCUT2D eigenvalue weighted by Gasteiger charge is 2.06. The lowest BCUT2D eigenvalue weighted by Gasteiger charge is -2.11. The van der Waals surface area contributed by atoms with E-state index in [9.17, 15) is 4.79 Å². The van der Waals surface area contributed by atoms with E-state index in [4.69, 9.17) is 0 Å². The van der Waals surface area contributed by atoms with Crippen LogP contribution in [0.25, 0.3) is 6.08 Å². The van der Waals surface area contributed by atoms with Crippen LogP contribution in [-0.2, 0) is 17.8 Å². The molecule has 0 bridgehead atoms. The van der Waals surface area contributed by atoms with Gasteiger partial charge in [-0.05, 0) is 36.1 Å². The molecule has 1 N–H and O–H groups in total. The van der Waals surface area contributed by atoms with Gasteiger partial charge in [-0.1, -0.05) is 55.5 Å². The topological polar surface area (TPSA) is 46.9 Å². The van der Waals surface area contributed by atoms with Crippen molar-refractivity contribution in [2.45, 2.75) is 26.8 Å². The molecular weight excluding hydrogens is 322 g/mol. The van der Waals surface area contributed by atoms with Gasteiger partial charge in [-0.25, -0.2) is 0 Å². The van der Waals surface area contributed by atoms with Crippen molar-refractivity contribution in [1.29, 1.82) is 0 Å². The van der Waals surface area contributed by atoms with E-state index in [1.807, 2.05) is 54.2 Å². The van der Waals surface area contributed by atoms with Crippen molar-refractivity contribution in [2.24, 2.45) is 0 Å². The Morgan fingerprint density at radius 2 is 1.96 bits per heavy atom. The Morgan fingerprint density at radius 3 is 2.73 bits per heavy atom. The van der Waals surface area contributed by atoms with E-state index in [0.717, 1.165) is 28.8 Å². The monoisotopic (exact) mass is 345 g/mol. The quantitative estimate of drug-likeness (QED) is 0.671. The van der Waals surface area contributed by atoms with E-state index in [1.54, 1.807) is 18.3 Å². The summed E-state index contributed by atoms with van der Waals surface area (Å²) in [5, 5.41) is 7.34. The molecule has 0 aliphatic carbocycles. The summed E-state index contributed by atoms with van der Waals surface area (Å²) >= 11 is 0. The first kappa shape index (κ1) is 17.7. The van der Waals surface area contributed by atoms with Crippen LogP contribution in [-0.4, -0.2) is 15.7 Å². The third-order valence-electron chi connectivity index (χ3n) is 4.26. The van der Waals surface area contributed by atoms with Crippen molar-refractivity contribution in [3.63, 3.8) is 0 Å². The van der Waals surface area contributed by atoms with Crippen LogP contribution in [0.2, 0.25) is 0 Å². The highest BCUT2D eigenvalue weighted by atomic mass is 16.1. The standard InChI is InChI=1S/C22H23N3O/c1-3-20-11-7-8-17(2)22(20)24-21(26)13-12-19-14-23-25(16-19)15-18-9-5-4-6-10-18/h4-14,16H,3,15H2,1-2H3,(H,24,26)/b13-12+. The zero-order valence-electron chi connectivity index (χ0n) is 15.1. The molecule has 1 aromatic heterocycles. The Morgan fingerprint density at radius 1 is 1.15 bits per heavy atom. The Bertz CT molecular complexity index is 910. The highest BCUT2D eigenvalue weighted by Crippen LogP contribution is 2.21. The molecule has 0 aliphatic rings. The second-order valence-electron chi connectivity index (χ2n) is 6.24. The third-order valence-corrected chi connectivity index (χ3v) is 4.26. The average Bonchev–Trinajstić information content (AvgIpc) is 3.10. The fourth-order valence-corrected chi connectivity index (χ4v) is 2.86. The molecule has 1 heterocycles. The number of hydrogen-bond acceptors (Lipinski definition) is 2. The number of amides is 1. The zero-order chi connectivity index (χ0) is 18.4. The van der Waals surface area contributed by atoms with Gasteiger partial charge in [-0.15, -0.1) is 0 Å². The summed E-state index contributed by atoms with van der Waals surface area (Å²) < 4.78 is 1.86. The van der Waals surface area contributed by atoms with Crippen molar-refractivity contribution in [2.75, 3.05) is 5.32 Å². The smallest absolute Gasteiger partial charge is 0.248 e. The summed E-state index contributed by atoms with van der Waals surface area (Å²) in [4.78, 5) is 12.3. The number of hydrogen-bond donors (Lipinski definition) is 1. The number of anilines is 1. The minimum absolute atomic E-state index is 0.134. The number of aromatic nitrogens is 2. The summed E-state index contributed by atoms with van der Waals surface area (Å²) in [6.45, 7) is 4.80. The molecule has 0 spiro atoms. The molecule has 1 amide bonds. The molecule has 0 radical (unpaired) electrons. The number of carbonyl (C=O) groups excluding carboxylic acids is 1. The van der Waals surface area contributed by atoms with Gasteiger partial charge < -0.3 is 5.32 Å².